The molecule has 8 heteroatoms. The summed E-state index contributed by atoms with van der Waals surface area (Å²) in [5.74, 6) is 0.409. The Morgan fingerprint density at radius 2 is 1.92 bits per heavy atom. The fourth-order valence-electron chi connectivity index (χ4n) is 1.95. The lowest BCUT2D eigenvalue weighted by Crippen LogP contribution is -2.38. The van der Waals surface area contributed by atoms with E-state index in [1.165, 1.54) is 0 Å². The Kier molecular flexibility index (Phi) is 6.45. The Hall–Kier alpha value is -2.05. The average molecular weight is 382 g/mol. The molecule has 0 unspecified atom stereocenters. The number of carbonyl (C=O) groups excluding carboxylic acids is 1. The molecule has 25 heavy (non-hydrogen) atoms. The van der Waals surface area contributed by atoms with Crippen LogP contribution in [0.4, 0.5) is 11.6 Å². The number of nitrogens with one attached hydrogen (secondary N) is 2. The number of guanidine groups is 1. The van der Waals surface area contributed by atoms with Gasteiger partial charge in [-0.2, -0.15) is 4.99 Å². The van der Waals surface area contributed by atoms with Crippen LogP contribution in [0.3, 0.4) is 0 Å². The topological polar surface area (TPSA) is 71.3 Å². The van der Waals surface area contributed by atoms with E-state index in [4.69, 9.17) is 23.2 Å². The number of hydrogen-bond acceptors (Lipinski definition) is 3. The molecular formula is C17H21Cl2N5O. The van der Waals surface area contributed by atoms with Gasteiger partial charge in [-0.1, -0.05) is 37.0 Å². The van der Waals surface area contributed by atoms with Gasteiger partial charge in [0.2, 0.25) is 17.8 Å². The Balaban J connectivity index is 2.35. The highest BCUT2D eigenvalue weighted by Gasteiger charge is 2.13. The van der Waals surface area contributed by atoms with Crippen LogP contribution in [0.15, 0.2) is 35.6 Å². The van der Waals surface area contributed by atoms with Gasteiger partial charge in [0.05, 0.1) is 10.0 Å². The summed E-state index contributed by atoms with van der Waals surface area (Å²) in [6, 6.07) is 5.27. The second kappa shape index (κ2) is 8.36. The molecule has 0 fully saturated rings. The average Bonchev–Trinajstić information content (AvgIpc) is 2.99. The molecule has 0 spiro atoms. The predicted molar refractivity (Wildman–Crippen MR) is 103 cm³/mol. The summed E-state index contributed by atoms with van der Waals surface area (Å²) < 4.78 is 1.90. The highest BCUT2D eigenvalue weighted by Crippen LogP contribution is 2.25. The molecule has 0 aliphatic heterocycles. The lowest BCUT2D eigenvalue weighted by Gasteiger charge is -2.14. The molecule has 0 bridgehead atoms. The van der Waals surface area contributed by atoms with E-state index in [1.54, 1.807) is 38.2 Å². The standard InChI is InChI=1S/C17H21Cl2N5O/c1-10(2)15(25)22-16(21-12-5-6-13(18)14(19)9-12)23-17-20-7-8-24(17)11(3)4/h5-11H,1-4H3,(H2,20,21,22,23,25). The number of benzene rings is 1. The van der Waals surface area contributed by atoms with E-state index in [1.807, 2.05) is 24.6 Å². The van der Waals surface area contributed by atoms with Crippen molar-refractivity contribution in [2.24, 2.45) is 10.9 Å². The highest BCUT2D eigenvalue weighted by molar-refractivity contribution is 6.42. The van der Waals surface area contributed by atoms with Crippen LogP contribution in [0.1, 0.15) is 33.7 Å². The quantitative estimate of drug-likeness (QED) is 0.598. The summed E-state index contributed by atoms with van der Waals surface area (Å²) >= 11 is 12.0. The first-order valence-corrected chi connectivity index (χ1v) is 8.68. The third-order valence-corrected chi connectivity index (χ3v) is 4.10. The molecular weight excluding hydrogens is 361 g/mol. The zero-order valence-corrected chi connectivity index (χ0v) is 16.1. The zero-order valence-electron chi connectivity index (χ0n) is 14.5. The molecule has 2 aromatic rings. The van der Waals surface area contributed by atoms with Gasteiger partial charge in [0.15, 0.2) is 0 Å². The summed E-state index contributed by atoms with van der Waals surface area (Å²) in [6.07, 6.45) is 3.50. The maximum Gasteiger partial charge on any atom is 0.232 e. The van der Waals surface area contributed by atoms with E-state index in [0.29, 0.717) is 21.7 Å². The van der Waals surface area contributed by atoms with Crippen molar-refractivity contribution in [3.63, 3.8) is 0 Å². The van der Waals surface area contributed by atoms with Gasteiger partial charge >= 0.3 is 0 Å². The number of aromatic nitrogens is 2. The van der Waals surface area contributed by atoms with Crippen LogP contribution in [-0.2, 0) is 4.79 Å². The maximum absolute atomic E-state index is 12.1. The smallest absolute Gasteiger partial charge is 0.232 e. The van der Waals surface area contributed by atoms with Crippen LogP contribution in [0.2, 0.25) is 10.0 Å². The van der Waals surface area contributed by atoms with Crippen molar-refractivity contribution < 1.29 is 4.79 Å². The molecule has 0 saturated carbocycles. The van der Waals surface area contributed by atoms with E-state index in [0.717, 1.165) is 0 Å². The van der Waals surface area contributed by atoms with Crippen LogP contribution in [-0.4, -0.2) is 21.4 Å². The molecule has 0 saturated heterocycles. The normalized spacial score (nSPS) is 11.9. The number of aliphatic imine (C=N–C) groups is 1. The first-order chi connectivity index (χ1) is 11.8. The van der Waals surface area contributed by atoms with Gasteiger partial charge in [-0.3, -0.25) is 10.1 Å². The van der Waals surface area contributed by atoms with Crippen molar-refractivity contribution >= 4 is 46.7 Å². The second-order valence-corrected chi connectivity index (χ2v) is 6.90. The number of hydrogen-bond donors (Lipinski definition) is 2. The Morgan fingerprint density at radius 1 is 1.20 bits per heavy atom. The minimum absolute atomic E-state index is 0.158. The number of carbonyl (C=O) groups is 1. The predicted octanol–water partition coefficient (Wildman–Crippen LogP) is 4.64. The molecule has 1 aromatic carbocycles. The van der Waals surface area contributed by atoms with Crippen LogP contribution >= 0.6 is 23.2 Å². The van der Waals surface area contributed by atoms with Crippen molar-refractivity contribution in [2.45, 2.75) is 33.7 Å². The molecule has 0 radical (unpaired) electrons. The van der Waals surface area contributed by atoms with Gasteiger partial charge in [0.1, 0.15) is 0 Å². The van der Waals surface area contributed by atoms with Gasteiger partial charge < -0.3 is 9.88 Å². The number of amides is 1. The van der Waals surface area contributed by atoms with E-state index < -0.39 is 0 Å². The zero-order chi connectivity index (χ0) is 18.6. The van der Waals surface area contributed by atoms with E-state index in [-0.39, 0.29) is 23.8 Å². The van der Waals surface area contributed by atoms with Gasteiger partial charge in [-0.15, -0.1) is 0 Å². The van der Waals surface area contributed by atoms with Gasteiger partial charge in [0, 0.05) is 30.0 Å². The molecule has 2 N–H and O–H groups in total. The monoisotopic (exact) mass is 381 g/mol. The molecule has 6 nitrogen and oxygen atoms in total. The summed E-state index contributed by atoms with van der Waals surface area (Å²) in [4.78, 5) is 20.8. The van der Waals surface area contributed by atoms with Crippen molar-refractivity contribution in [3.05, 3.63) is 40.6 Å². The third-order valence-electron chi connectivity index (χ3n) is 3.36. The van der Waals surface area contributed by atoms with E-state index in [2.05, 4.69) is 20.6 Å². The Bertz CT molecular complexity index is 783. The minimum atomic E-state index is -0.189. The van der Waals surface area contributed by atoms with Crippen LogP contribution in [0, 0.1) is 5.92 Å². The Labute approximate surface area is 157 Å². The van der Waals surface area contributed by atoms with E-state index >= 15 is 0 Å². The molecule has 0 atom stereocenters. The number of anilines is 1. The first-order valence-electron chi connectivity index (χ1n) is 7.92. The van der Waals surface area contributed by atoms with Crippen molar-refractivity contribution in [1.29, 1.82) is 0 Å². The summed E-state index contributed by atoms with van der Waals surface area (Å²) in [5.41, 5.74) is 0.653. The van der Waals surface area contributed by atoms with Gasteiger partial charge in [0.25, 0.3) is 0 Å². The summed E-state index contributed by atoms with van der Waals surface area (Å²) in [5, 5.41) is 6.69. The molecule has 0 aliphatic rings. The molecule has 1 heterocycles. The van der Waals surface area contributed by atoms with Crippen LogP contribution in [0.25, 0.3) is 0 Å². The SMILES string of the molecule is CC(C)C(=O)N/C(=N/c1nccn1C(C)C)Nc1ccc(Cl)c(Cl)c1. The third kappa shape index (κ3) is 5.21. The molecule has 1 aromatic heterocycles. The van der Waals surface area contributed by atoms with Crippen LogP contribution < -0.4 is 10.6 Å². The molecule has 1 amide bonds. The highest BCUT2D eigenvalue weighted by atomic mass is 35.5. The van der Waals surface area contributed by atoms with Gasteiger partial charge in [-0.25, -0.2) is 4.98 Å². The number of nitrogens with zero attached hydrogens (tertiary/aromatic N) is 3. The fraction of sp³-hybridized carbons (Fsp3) is 0.353. The van der Waals surface area contributed by atoms with Crippen LogP contribution in [0.5, 0.6) is 0 Å². The number of halogens is 2. The number of imidazole rings is 1. The molecule has 2 rings (SSSR count). The van der Waals surface area contributed by atoms with Gasteiger partial charge in [-0.05, 0) is 32.0 Å². The minimum Gasteiger partial charge on any atom is -0.326 e. The van der Waals surface area contributed by atoms with Crippen molar-refractivity contribution in [1.82, 2.24) is 14.9 Å². The fourth-order valence-corrected chi connectivity index (χ4v) is 2.25. The first kappa shape index (κ1) is 19.3. The Morgan fingerprint density at radius 3 is 2.52 bits per heavy atom. The van der Waals surface area contributed by atoms with E-state index in [9.17, 15) is 4.79 Å². The lowest BCUT2D eigenvalue weighted by molar-refractivity contribution is -0.122. The summed E-state index contributed by atoms with van der Waals surface area (Å²) in [7, 11) is 0. The van der Waals surface area contributed by atoms with Crippen molar-refractivity contribution in [3.8, 4) is 0 Å². The maximum atomic E-state index is 12.1. The second-order valence-electron chi connectivity index (χ2n) is 6.09. The molecule has 134 valence electrons. The molecule has 0 aliphatic carbocycles. The number of rotatable bonds is 4. The largest absolute Gasteiger partial charge is 0.326 e. The lowest BCUT2D eigenvalue weighted by atomic mass is 10.2. The summed E-state index contributed by atoms with van der Waals surface area (Å²) in [6.45, 7) is 7.67. The van der Waals surface area contributed by atoms with Crippen molar-refractivity contribution in [2.75, 3.05) is 5.32 Å².